The molecular weight excluding hydrogens is 824 g/mol. The number of hydrogen-bond donors (Lipinski definition) is 0. The first kappa shape index (κ1) is 43.8. The van der Waals surface area contributed by atoms with Gasteiger partial charge in [0, 0.05) is 0 Å². The van der Waals surface area contributed by atoms with Crippen molar-refractivity contribution in [1.29, 1.82) is 0 Å². The molecule has 4 heteroatoms. The fraction of sp³-hybridized carbons (Fsp3) is 0.0714. The van der Waals surface area contributed by atoms with Crippen molar-refractivity contribution in [3.05, 3.63) is 219 Å². The van der Waals surface area contributed by atoms with Crippen LogP contribution in [0.5, 0.6) is 0 Å². The van der Waals surface area contributed by atoms with E-state index in [1.54, 1.807) is 0 Å². The second-order valence-electron chi connectivity index (χ2n) is 14.7. The Balaban J connectivity index is 0.000000187. The van der Waals surface area contributed by atoms with E-state index in [9.17, 15) is 0 Å². The number of fused-ring (bicyclic) bond motifs is 2. The van der Waals surface area contributed by atoms with Crippen molar-refractivity contribution in [3.8, 4) is 67.2 Å². The predicted molar refractivity (Wildman–Crippen MR) is 254 cm³/mol. The third-order valence-electron chi connectivity index (χ3n) is 10.8. The Kier molecular flexibility index (Phi) is 14.2. The normalized spacial score (nSPS) is 10.5. The van der Waals surface area contributed by atoms with Gasteiger partial charge in [0.2, 0.25) is 0 Å². The van der Waals surface area contributed by atoms with Gasteiger partial charge >= 0.3 is 30.2 Å². The second kappa shape index (κ2) is 19.5. The van der Waals surface area contributed by atoms with E-state index in [0.29, 0.717) is 0 Å². The summed E-state index contributed by atoms with van der Waals surface area (Å²) < 4.78 is 11.7. The molecule has 0 amide bonds. The van der Waals surface area contributed by atoms with Crippen molar-refractivity contribution in [2.24, 2.45) is 0 Å². The zero-order chi connectivity index (χ0) is 40.2. The molecule has 0 saturated heterocycles. The van der Waals surface area contributed by atoms with Crippen molar-refractivity contribution in [3.63, 3.8) is 0 Å². The molecule has 2 radical (unpaired) electrons. The molecule has 0 fully saturated rings. The van der Waals surface area contributed by atoms with Crippen molar-refractivity contribution < 1.29 is 32.2 Å². The molecule has 0 aliphatic rings. The van der Waals surface area contributed by atoms with Crippen LogP contribution in [0.1, 0.15) is 22.6 Å². The van der Waals surface area contributed by atoms with Gasteiger partial charge in [0.15, 0.2) is 0 Å². The topological polar surface area (TPSA) is 26.3 Å². The van der Waals surface area contributed by atoms with E-state index >= 15 is 0 Å². The van der Waals surface area contributed by atoms with Gasteiger partial charge in [-0.05, 0) is 96.5 Å². The fourth-order valence-electron chi connectivity index (χ4n) is 7.93. The molecular formula is C56H48O2SiZr-4. The van der Waals surface area contributed by atoms with E-state index in [4.69, 9.17) is 8.83 Å². The second-order valence-corrected chi connectivity index (χ2v) is 14.7. The summed E-state index contributed by atoms with van der Waals surface area (Å²) in [7, 11) is 0. The zero-order valence-corrected chi connectivity index (χ0v) is 38.6. The molecule has 0 aliphatic carbocycles. The van der Waals surface area contributed by atoms with E-state index in [0.717, 1.165) is 34.2 Å². The first-order valence-corrected chi connectivity index (χ1v) is 23.7. The number of benzene rings is 6. The Labute approximate surface area is 372 Å². The average Bonchev–Trinajstić information content (AvgIpc) is 4.10. The zero-order valence-electron chi connectivity index (χ0n) is 35.1. The average molecular weight is 872 g/mol. The molecule has 8 aromatic carbocycles. The molecule has 10 rings (SSSR count). The Morgan fingerprint density at radius 3 is 1.05 bits per heavy atom. The molecule has 0 bridgehead atoms. The summed E-state index contributed by atoms with van der Waals surface area (Å²) in [5, 5.41) is 5.04. The van der Waals surface area contributed by atoms with Gasteiger partial charge in [-0.15, -0.1) is 57.9 Å². The summed E-state index contributed by atoms with van der Waals surface area (Å²) in [6.45, 7) is 11.4. The molecule has 0 spiro atoms. The Morgan fingerprint density at radius 2 is 0.717 bits per heavy atom. The van der Waals surface area contributed by atoms with E-state index in [2.05, 4.69) is 178 Å². The van der Waals surface area contributed by atoms with E-state index in [-0.39, 0.29) is 14.9 Å². The molecule has 0 atom stereocenters. The monoisotopic (exact) mass is 870 g/mol. The van der Waals surface area contributed by atoms with Crippen LogP contribution in [-0.4, -0.2) is 6.88 Å². The number of hydrogen-bond acceptors (Lipinski definition) is 2. The minimum absolute atomic E-state index is 0. The van der Waals surface area contributed by atoms with Crippen LogP contribution >= 0.6 is 0 Å². The fourth-order valence-corrected chi connectivity index (χ4v) is 7.93. The van der Waals surface area contributed by atoms with Crippen molar-refractivity contribution >= 4 is 28.4 Å². The van der Waals surface area contributed by atoms with Crippen molar-refractivity contribution in [1.82, 2.24) is 0 Å². The van der Waals surface area contributed by atoms with Gasteiger partial charge < -0.3 is 23.7 Å². The minimum atomic E-state index is 0. The molecule has 2 heterocycles. The quantitative estimate of drug-likeness (QED) is 0.123. The summed E-state index contributed by atoms with van der Waals surface area (Å²) in [4.78, 5) is 0. The Morgan fingerprint density at radius 1 is 0.383 bits per heavy atom. The van der Waals surface area contributed by atoms with Crippen LogP contribution in [0.3, 0.4) is 0 Å². The third kappa shape index (κ3) is 9.16. The summed E-state index contributed by atoms with van der Waals surface area (Å²) in [5.74, 6) is 3.73. The molecule has 10 aromatic rings. The van der Waals surface area contributed by atoms with E-state index < -0.39 is 0 Å². The van der Waals surface area contributed by atoms with Crippen molar-refractivity contribution in [2.45, 2.75) is 27.7 Å². The van der Waals surface area contributed by atoms with Crippen LogP contribution in [0.4, 0.5) is 0 Å². The van der Waals surface area contributed by atoms with Gasteiger partial charge in [-0.2, -0.15) is 0 Å². The number of aryl methyl sites for hydroxylation is 4. The molecule has 2 nitrogen and oxygen atoms in total. The standard InChI is InChI=1S/2C27H21O.2CH3.Si.Zr/c2*1-18-8-10-23-16-24(26-15-9-19(2)28-26)17-25(23)27(18)22-13-11-21(12-14-22)20-6-4-3-5-7-20;;;;/h2*3-17H,1-2H3;2*1H3;;/q4*-1;;. The molecule has 0 unspecified atom stereocenters. The van der Waals surface area contributed by atoms with E-state index in [1.807, 2.05) is 38.1 Å². The molecule has 296 valence electrons. The Bertz CT molecular complexity index is 2740. The SMILES string of the molecule is Cc1ccc(-c2cc3c(-c4ccc(-c5ccccc5)cc4)c(C)ccc3[cH-]2)o1.Cc1ccc(-c2cc3c(-c4ccc(-c5ccccc5)cc4)c(C)ccc3[cH-]2)o1.[CH3-].[CH3-].[Si]=[Zr]. The van der Waals surface area contributed by atoms with Gasteiger partial charge in [-0.3, -0.25) is 0 Å². The predicted octanol–water partition coefficient (Wildman–Crippen LogP) is 16.1. The van der Waals surface area contributed by atoms with Crippen LogP contribution in [0, 0.1) is 42.5 Å². The van der Waals surface area contributed by atoms with E-state index in [1.165, 1.54) is 101 Å². The van der Waals surface area contributed by atoms with Crippen LogP contribution in [0.2, 0.25) is 0 Å². The summed E-state index contributed by atoms with van der Waals surface area (Å²) in [6.07, 6.45) is 0. The van der Waals surface area contributed by atoms with Crippen molar-refractivity contribution in [2.75, 3.05) is 0 Å². The number of furan rings is 2. The molecule has 2 aromatic heterocycles. The van der Waals surface area contributed by atoms with Gasteiger partial charge in [-0.1, -0.05) is 144 Å². The van der Waals surface area contributed by atoms with Crippen LogP contribution in [0.25, 0.3) is 88.7 Å². The maximum absolute atomic E-state index is 5.84. The third-order valence-corrected chi connectivity index (χ3v) is 10.8. The molecule has 0 aliphatic heterocycles. The van der Waals surface area contributed by atoms with Crippen LogP contribution in [-0.2, 0) is 23.3 Å². The summed E-state index contributed by atoms with van der Waals surface area (Å²) in [6, 6.07) is 64.7. The molecule has 0 saturated carbocycles. The maximum atomic E-state index is 5.84. The van der Waals surface area contributed by atoms with Gasteiger partial charge in [0.1, 0.15) is 0 Å². The van der Waals surface area contributed by atoms with Crippen LogP contribution in [0.15, 0.2) is 191 Å². The summed E-state index contributed by atoms with van der Waals surface area (Å²) >= 11 is 1.36. The summed E-state index contributed by atoms with van der Waals surface area (Å²) in [5.41, 5.74) is 14.9. The van der Waals surface area contributed by atoms with Gasteiger partial charge in [-0.25, -0.2) is 0 Å². The number of rotatable bonds is 6. The molecule has 60 heavy (non-hydrogen) atoms. The first-order chi connectivity index (χ1) is 28.4. The Hall–Kier alpha value is -5.80. The first-order valence-electron chi connectivity index (χ1n) is 19.5. The van der Waals surface area contributed by atoms with Gasteiger partial charge in [0.05, 0.1) is 23.0 Å². The molecule has 0 N–H and O–H groups in total. The van der Waals surface area contributed by atoms with Crippen LogP contribution < -0.4 is 0 Å². The van der Waals surface area contributed by atoms with Gasteiger partial charge in [0.25, 0.3) is 0 Å².